The van der Waals surface area contributed by atoms with Crippen molar-refractivity contribution in [3.8, 4) is 0 Å². The third kappa shape index (κ3) is 2.47. The molecule has 3 saturated carbocycles. The first-order valence-electron chi connectivity index (χ1n) is 10.6. The van der Waals surface area contributed by atoms with Crippen LogP contribution in [0.5, 0.6) is 0 Å². The fourth-order valence-electron chi connectivity index (χ4n) is 6.91. The zero-order chi connectivity index (χ0) is 18.7. The van der Waals surface area contributed by atoms with Gasteiger partial charge in [0.1, 0.15) is 11.9 Å². The first-order valence-corrected chi connectivity index (χ1v) is 10.6. The normalized spacial score (nSPS) is 44.7. The summed E-state index contributed by atoms with van der Waals surface area (Å²) in [4.78, 5) is 13.5. The Morgan fingerprint density at radius 1 is 1.27 bits per heavy atom. The van der Waals surface area contributed by atoms with E-state index in [1.165, 1.54) is 17.6 Å². The highest BCUT2D eigenvalue weighted by atomic mass is 16.5. The fraction of sp³-hybridized carbons (Fsp3) is 0.708. The van der Waals surface area contributed by atoms with Gasteiger partial charge in [-0.05, 0) is 55.8 Å². The summed E-state index contributed by atoms with van der Waals surface area (Å²) in [5.41, 5.74) is 2.80. The fourth-order valence-corrected chi connectivity index (χ4v) is 6.91. The summed E-state index contributed by atoms with van der Waals surface area (Å²) in [6, 6.07) is 0. The number of carbonyl (C=O) groups is 1. The molecule has 142 valence electrons. The molecule has 6 atom stereocenters. The molecule has 26 heavy (non-hydrogen) atoms. The summed E-state index contributed by atoms with van der Waals surface area (Å²) in [6.45, 7) is 15.0. The lowest BCUT2D eigenvalue weighted by Crippen LogP contribution is -2.55. The van der Waals surface area contributed by atoms with Gasteiger partial charge in [0.05, 0.1) is 5.76 Å². The number of hydrogen-bond donors (Lipinski definition) is 0. The first kappa shape index (κ1) is 18.1. The molecule has 0 spiro atoms. The highest BCUT2D eigenvalue weighted by Gasteiger charge is 2.62. The number of hydrogen-bond acceptors (Lipinski definition) is 2. The quantitative estimate of drug-likeness (QED) is 0.582. The molecule has 3 fully saturated rings. The molecule has 2 heteroatoms. The van der Waals surface area contributed by atoms with Crippen LogP contribution in [0.3, 0.4) is 0 Å². The topological polar surface area (TPSA) is 26.3 Å². The van der Waals surface area contributed by atoms with Crippen LogP contribution in [-0.2, 0) is 9.53 Å². The van der Waals surface area contributed by atoms with Gasteiger partial charge in [-0.1, -0.05) is 51.2 Å². The van der Waals surface area contributed by atoms with Gasteiger partial charge in [0.2, 0.25) is 0 Å². The number of ether oxygens (including phenoxy) is 1. The predicted octanol–water partition coefficient (Wildman–Crippen LogP) is 5.99. The minimum atomic E-state index is -0.00774. The summed E-state index contributed by atoms with van der Waals surface area (Å²) in [6.07, 6.45) is 10.7. The Kier molecular flexibility index (Phi) is 4.24. The van der Waals surface area contributed by atoms with E-state index in [1.807, 2.05) is 0 Å². The lowest BCUT2D eigenvalue weighted by molar-refractivity contribution is -0.148. The average molecular weight is 355 g/mol. The van der Waals surface area contributed by atoms with E-state index in [2.05, 4.69) is 40.0 Å². The number of allylic oxidation sites excluding steroid dienone is 4. The van der Waals surface area contributed by atoms with E-state index < -0.39 is 0 Å². The van der Waals surface area contributed by atoms with E-state index in [-0.39, 0.29) is 22.9 Å². The van der Waals surface area contributed by atoms with Crippen molar-refractivity contribution in [1.29, 1.82) is 0 Å². The maximum atomic E-state index is 13.5. The molecular formula is C24H34O2. The highest BCUT2D eigenvalue weighted by Crippen LogP contribution is 2.65. The summed E-state index contributed by atoms with van der Waals surface area (Å²) in [5.74, 6) is 2.72. The zero-order valence-corrected chi connectivity index (χ0v) is 16.8. The van der Waals surface area contributed by atoms with E-state index in [4.69, 9.17) is 4.74 Å². The van der Waals surface area contributed by atoms with Gasteiger partial charge < -0.3 is 4.74 Å². The molecule has 0 heterocycles. The second kappa shape index (κ2) is 6.11. The van der Waals surface area contributed by atoms with Crippen LogP contribution in [0.15, 0.2) is 36.1 Å². The van der Waals surface area contributed by atoms with Crippen LogP contribution in [0.25, 0.3) is 0 Å². The van der Waals surface area contributed by atoms with E-state index >= 15 is 0 Å². The highest BCUT2D eigenvalue weighted by molar-refractivity contribution is 5.85. The molecular weight excluding hydrogens is 320 g/mol. The molecule has 0 aromatic carbocycles. The van der Waals surface area contributed by atoms with Gasteiger partial charge in [-0.15, -0.1) is 0 Å². The molecule has 0 saturated heterocycles. The van der Waals surface area contributed by atoms with Crippen molar-refractivity contribution in [1.82, 2.24) is 0 Å². The molecule has 2 nitrogen and oxygen atoms in total. The summed E-state index contributed by atoms with van der Waals surface area (Å²) >= 11 is 0. The van der Waals surface area contributed by atoms with Crippen LogP contribution in [0.4, 0.5) is 0 Å². The Hall–Kier alpha value is -1.31. The minimum absolute atomic E-state index is 0.00774. The Bertz CT molecular complexity index is 686. The zero-order valence-electron chi connectivity index (χ0n) is 16.8. The van der Waals surface area contributed by atoms with Gasteiger partial charge in [-0.2, -0.15) is 0 Å². The van der Waals surface area contributed by atoms with E-state index in [0.717, 1.165) is 44.3 Å². The maximum absolute atomic E-state index is 13.5. The molecule has 0 aliphatic heterocycles. The van der Waals surface area contributed by atoms with Crippen molar-refractivity contribution in [2.45, 2.75) is 78.2 Å². The Labute approximate surface area is 158 Å². The lowest BCUT2D eigenvalue weighted by Gasteiger charge is -2.57. The second-order valence-corrected chi connectivity index (χ2v) is 9.76. The molecule has 3 unspecified atom stereocenters. The Morgan fingerprint density at radius 2 is 2.04 bits per heavy atom. The minimum Gasteiger partial charge on any atom is -0.495 e. The molecule has 4 aliphatic carbocycles. The van der Waals surface area contributed by atoms with E-state index in [9.17, 15) is 4.79 Å². The Balaban J connectivity index is 1.66. The van der Waals surface area contributed by atoms with Gasteiger partial charge in [0, 0.05) is 24.2 Å². The van der Waals surface area contributed by atoms with Gasteiger partial charge in [0.15, 0.2) is 0 Å². The van der Waals surface area contributed by atoms with Crippen molar-refractivity contribution in [3.05, 3.63) is 36.1 Å². The van der Waals surface area contributed by atoms with Crippen LogP contribution in [0, 0.1) is 28.6 Å². The van der Waals surface area contributed by atoms with Gasteiger partial charge in [-0.3, -0.25) is 4.79 Å². The van der Waals surface area contributed by atoms with Crippen LogP contribution in [-0.4, -0.2) is 11.9 Å². The van der Waals surface area contributed by atoms with Gasteiger partial charge in [-0.25, -0.2) is 0 Å². The SMILES string of the molecule is C=C1C=C2CCC3C(C(=O)C[C@@]4(C)C3CC[C@@H]4OC(=C)CC)[C@@]2(C)CC1. The molecule has 0 aromatic rings. The largest absolute Gasteiger partial charge is 0.495 e. The lowest BCUT2D eigenvalue weighted by atomic mass is 9.47. The number of Topliss-reactive ketones (excluding diaryl/α,β-unsaturated/α-hetero) is 1. The molecule has 4 aliphatic rings. The van der Waals surface area contributed by atoms with Crippen LogP contribution >= 0.6 is 0 Å². The number of fused-ring (bicyclic) bond motifs is 5. The molecule has 0 bridgehead atoms. The van der Waals surface area contributed by atoms with E-state index in [1.54, 1.807) is 0 Å². The van der Waals surface area contributed by atoms with Crippen LogP contribution < -0.4 is 0 Å². The Morgan fingerprint density at radius 3 is 2.77 bits per heavy atom. The number of ketones is 1. The molecule has 0 radical (unpaired) electrons. The predicted molar refractivity (Wildman–Crippen MR) is 106 cm³/mol. The van der Waals surface area contributed by atoms with Crippen LogP contribution in [0.2, 0.25) is 0 Å². The van der Waals surface area contributed by atoms with E-state index in [0.29, 0.717) is 24.0 Å². The molecule has 4 rings (SSSR count). The van der Waals surface area contributed by atoms with Crippen molar-refractivity contribution in [2.24, 2.45) is 28.6 Å². The van der Waals surface area contributed by atoms with Gasteiger partial charge in [0.25, 0.3) is 0 Å². The van der Waals surface area contributed by atoms with Crippen molar-refractivity contribution in [2.75, 3.05) is 0 Å². The summed E-state index contributed by atoms with van der Waals surface area (Å²) in [5, 5.41) is 0. The number of carbonyl (C=O) groups excluding carboxylic acids is 1. The monoisotopic (exact) mass is 354 g/mol. The maximum Gasteiger partial charge on any atom is 0.137 e. The average Bonchev–Trinajstić information content (AvgIpc) is 2.91. The third-order valence-electron chi connectivity index (χ3n) is 8.38. The van der Waals surface area contributed by atoms with Crippen molar-refractivity contribution in [3.63, 3.8) is 0 Å². The smallest absolute Gasteiger partial charge is 0.137 e. The molecule has 0 aromatic heterocycles. The summed E-state index contributed by atoms with van der Waals surface area (Å²) < 4.78 is 6.24. The first-order chi connectivity index (χ1) is 12.3. The van der Waals surface area contributed by atoms with Crippen molar-refractivity contribution < 1.29 is 9.53 Å². The second-order valence-electron chi connectivity index (χ2n) is 9.76. The third-order valence-corrected chi connectivity index (χ3v) is 8.38. The molecule has 0 N–H and O–H groups in total. The van der Waals surface area contributed by atoms with Crippen molar-refractivity contribution >= 4 is 5.78 Å². The standard InChI is InChI=1S/C24H34O2/c1-6-16(3)26-21-10-9-19-18-8-7-17-13-15(2)11-12-23(17,4)22(18)20(25)14-24(19,21)5/h13,18-19,21-22H,2-3,6-12,14H2,1,4-5H3/t18?,19?,21-,22?,23-,24-/m0/s1. The van der Waals surface area contributed by atoms with Crippen LogP contribution in [0.1, 0.15) is 72.1 Å². The number of rotatable bonds is 3. The molecule has 0 amide bonds. The summed E-state index contributed by atoms with van der Waals surface area (Å²) in [7, 11) is 0. The van der Waals surface area contributed by atoms with Gasteiger partial charge >= 0.3 is 0 Å².